The van der Waals surface area contributed by atoms with Crippen LogP contribution in [-0.2, 0) is 24.4 Å². The molecule has 0 saturated carbocycles. The Morgan fingerprint density at radius 3 is 2.41 bits per heavy atom. The van der Waals surface area contributed by atoms with Crippen LogP contribution in [0.2, 0.25) is 0 Å². The third-order valence-corrected chi connectivity index (χ3v) is 5.03. The summed E-state index contributed by atoms with van der Waals surface area (Å²) in [6, 6.07) is 20.5. The maximum Gasteiger partial charge on any atom is 0.123 e. The molecule has 2 aromatic carbocycles. The molecule has 0 aliphatic carbocycles. The summed E-state index contributed by atoms with van der Waals surface area (Å²) in [4.78, 5) is 3.39. The summed E-state index contributed by atoms with van der Waals surface area (Å²) in [5.74, 6) is -0.238. The zero-order chi connectivity index (χ0) is 18.9. The van der Waals surface area contributed by atoms with Crippen LogP contribution in [0.25, 0.3) is 0 Å². The zero-order valence-electron chi connectivity index (χ0n) is 15.1. The van der Waals surface area contributed by atoms with Crippen LogP contribution in [0.15, 0.2) is 72.1 Å². The molecule has 142 valence electrons. The Kier molecular flexibility index (Phi) is 7.54. The van der Waals surface area contributed by atoms with Gasteiger partial charge in [0, 0.05) is 24.5 Å². The predicted octanol–water partition coefficient (Wildman–Crippen LogP) is 4.47. The highest BCUT2D eigenvalue weighted by molar-refractivity contribution is 7.09. The first kappa shape index (κ1) is 19.7. The average molecular weight is 386 g/mol. The van der Waals surface area contributed by atoms with Crippen molar-refractivity contribution >= 4 is 11.3 Å². The van der Waals surface area contributed by atoms with Gasteiger partial charge in [0.15, 0.2) is 0 Å². The highest BCUT2D eigenvalue weighted by atomic mass is 32.1. The number of nitrogens with zero attached hydrogens (tertiary/aromatic N) is 1. The lowest BCUT2D eigenvalue weighted by Crippen LogP contribution is -2.34. The molecular weight excluding hydrogens is 361 g/mol. The molecule has 0 bridgehead atoms. The van der Waals surface area contributed by atoms with E-state index in [1.165, 1.54) is 17.0 Å². The molecule has 27 heavy (non-hydrogen) atoms. The molecule has 1 atom stereocenters. The number of ether oxygens (including phenoxy) is 1. The Hall–Kier alpha value is -2.05. The van der Waals surface area contributed by atoms with Crippen molar-refractivity contribution in [1.29, 1.82) is 0 Å². The van der Waals surface area contributed by atoms with Crippen molar-refractivity contribution in [2.24, 2.45) is 0 Å². The highest BCUT2D eigenvalue weighted by Crippen LogP contribution is 2.15. The van der Waals surface area contributed by atoms with Crippen molar-refractivity contribution in [2.75, 3.05) is 13.2 Å². The average Bonchev–Trinajstić information content (AvgIpc) is 3.17. The molecule has 3 aromatic rings. The van der Waals surface area contributed by atoms with Gasteiger partial charge in [0.05, 0.1) is 19.3 Å². The number of benzene rings is 2. The first-order chi connectivity index (χ1) is 13.2. The number of halogens is 1. The van der Waals surface area contributed by atoms with E-state index < -0.39 is 6.10 Å². The van der Waals surface area contributed by atoms with Gasteiger partial charge in [0.1, 0.15) is 5.82 Å². The molecule has 1 unspecified atom stereocenters. The zero-order valence-corrected chi connectivity index (χ0v) is 15.9. The lowest BCUT2D eigenvalue weighted by atomic mass is 10.2. The van der Waals surface area contributed by atoms with E-state index in [0.29, 0.717) is 19.7 Å². The molecule has 0 radical (unpaired) electrons. The van der Waals surface area contributed by atoms with Gasteiger partial charge in [-0.3, -0.25) is 4.90 Å². The van der Waals surface area contributed by atoms with Crippen molar-refractivity contribution in [3.05, 3.63) is 93.9 Å². The largest absolute Gasteiger partial charge is 0.389 e. The number of aliphatic hydroxyl groups is 1. The Morgan fingerprint density at radius 2 is 1.70 bits per heavy atom. The number of hydrogen-bond donors (Lipinski definition) is 1. The van der Waals surface area contributed by atoms with Gasteiger partial charge < -0.3 is 9.84 Å². The molecule has 0 spiro atoms. The summed E-state index contributed by atoms with van der Waals surface area (Å²) >= 11 is 1.69. The lowest BCUT2D eigenvalue weighted by molar-refractivity contribution is 0.00728. The highest BCUT2D eigenvalue weighted by Gasteiger charge is 2.14. The summed E-state index contributed by atoms with van der Waals surface area (Å²) in [7, 11) is 0. The minimum absolute atomic E-state index is 0.238. The topological polar surface area (TPSA) is 32.7 Å². The van der Waals surface area contributed by atoms with E-state index in [2.05, 4.69) is 11.0 Å². The first-order valence-corrected chi connectivity index (χ1v) is 9.86. The van der Waals surface area contributed by atoms with E-state index in [0.717, 1.165) is 17.7 Å². The normalized spacial score (nSPS) is 12.4. The van der Waals surface area contributed by atoms with Crippen LogP contribution in [-0.4, -0.2) is 29.3 Å². The van der Waals surface area contributed by atoms with Gasteiger partial charge in [-0.15, -0.1) is 11.3 Å². The molecule has 5 heteroatoms. The second kappa shape index (κ2) is 10.3. The van der Waals surface area contributed by atoms with Crippen LogP contribution in [0, 0.1) is 5.82 Å². The van der Waals surface area contributed by atoms with Crippen LogP contribution < -0.4 is 0 Å². The fourth-order valence-electron chi connectivity index (χ4n) is 2.89. The van der Waals surface area contributed by atoms with Crippen LogP contribution in [0.1, 0.15) is 16.0 Å². The Balaban J connectivity index is 1.53. The van der Waals surface area contributed by atoms with Crippen LogP contribution in [0.3, 0.4) is 0 Å². The first-order valence-electron chi connectivity index (χ1n) is 8.98. The van der Waals surface area contributed by atoms with E-state index in [9.17, 15) is 9.50 Å². The molecule has 3 rings (SSSR count). The number of aliphatic hydroxyl groups excluding tert-OH is 1. The molecule has 0 aliphatic heterocycles. The monoisotopic (exact) mass is 385 g/mol. The van der Waals surface area contributed by atoms with Crippen molar-refractivity contribution in [1.82, 2.24) is 4.90 Å². The molecule has 3 nitrogen and oxygen atoms in total. The van der Waals surface area contributed by atoms with Crippen LogP contribution in [0.5, 0.6) is 0 Å². The number of thiophene rings is 1. The quantitative estimate of drug-likeness (QED) is 0.559. The van der Waals surface area contributed by atoms with E-state index in [4.69, 9.17) is 4.74 Å². The van der Waals surface area contributed by atoms with Crippen molar-refractivity contribution in [3.8, 4) is 0 Å². The smallest absolute Gasteiger partial charge is 0.123 e. The lowest BCUT2D eigenvalue weighted by Gasteiger charge is -2.25. The van der Waals surface area contributed by atoms with Crippen LogP contribution in [0.4, 0.5) is 4.39 Å². The van der Waals surface area contributed by atoms with Gasteiger partial charge in [0.2, 0.25) is 0 Å². The second-order valence-corrected chi connectivity index (χ2v) is 7.56. The summed E-state index contributed by atoms with van der Waals surface area (Å²) < 4.78 is 18.8. The summed E-state index contributed by atoms with van der Waals surface area (Å²) in [5, 5.41) is 12.5. The minimum Gasteiger partial charge on any atom is -0.389 e. The Labute approximate surface area is 163 Å². The van der Waals surface area contributed by atoms with E-state index in [-0.39, 0.29) is 12.4 Å². The van der Waals surface area contributed by atoms with Gasteiger partial charge in [-0.1, -0.05) is 48.5 Å². The second-order valence-electron chi connectivity index (χ2n) is 6.53. The molecule has 0 amide bonds. The molecule has 1 heterocycles. The summed E-state index contributed by atoms with van der Waals surface area (Å²) in [6.07, 6.45) is -0.589. The minimum atomic E-state index is -0.589. The SMILES string of the molecule is OC(COCc1ccccc1)CN(Cc1ccc(F)cc1)Cc1cccs1. The molecule has 1 aromatic heterocycles. The van der Waals surface area contributed by atoms with Crippen LogP contribution >= 0.6 is 11.3 Å². The Bertz CT molecular complexity index is 778. The number of rotatable bonds is 10. The molecule has 0 aliphatic rings. The Morgan fingerprint density at radius 1 is 0.926 bits per heavy atom. The van der Waals surface area contributed by atoms with Gasteiger partial charge in [-0.05, 0) is 34.7 Å². The molecular formula is C22H24FNO2S. The van der Waals surface area contributed by atoms with Crippen molar-refractivity contribution in [2.45, 2.75) is 25.8 Å². The maximum atomic E-state index is 13.2. The van der Waals surface area contributed by atoms with E-state index in [1.54, 1.807) is 23.5 Å². The van der Waals surface area contributed by atoms with Crippen molar-refractivity contribution in [3.63, 3.8) is 0 Å². The van der Waals surface area contributed by atoms with E-state index in [1.807, 2.05) is 41.8 Å². The third-order valence-electron chi connectivity index (χ3n) is 4.17. The fraction of sp³-hybridized carbons (Fsp3) is 0.273. The molecule has 0 saturated heterocycles. The van der Waals surface area contributed by atoms with Gasteiger partial charge in [0.25, 0.3) is 0 Å². The van der Waals surface area contributed by atoms with Crippen molar-refractivity contribution < 1.29 is 14.2 Å². The van der Waals surface area contributed by atoms with Gasteiger partial charge >= 0.3 is 0 Å². The third kappa shape index (κ3) is 6.88. The predicted molar refractivity (Wildman–Crippen MR) is 107 cm³/mol. The summed E-state index contributed by atoms with van der Waals surface area (Å²) in [5.41, 5.74) is 2.11. The van der Waals surface area contributed by atoms with Gasteiger partial charge in [-0.2, -0.15) is 0 Å². The number of hydrogen-bond acceptors (Lipinski definition) is 4. The molecule has 0 fully saturated rings. The van der Waals surface area contributed by atoms with Gasteiger partial charge in [-0.25, -0.2) is 4.39 Å². The standard InChI is InChI=1S/C22H24FNO2S/c23-20-10-8-18(9-11-20)13-24(15-22-7-4-12-27-22)14-21(25)17-26-16-19-5-2-1-3-6-19/h1-12,21,25H,13-17H2. The van der Waals surface area contributed by atoms with E-state index >= 15 is 0 Å². The summed E-state index contributed by atoms with van der Waals surface area (Å²) in [6.45, 7) is 2.64. The maximum absolute atomic E-state index is 13.2. The molecule has 1 N–H and O–H groups in total. The fourth-order valence-corrected chi connectivity index (χ4v) is 3.64.